The monoisotopic (exact) mass is 210 g/mol. The average molecular weight is 210 g/mol. The minimum atomic E-state index is 0.768. The predicted octanol–water partition coefficient (Wildman–Crippen LogP) is 3.78. The summed E-state index contributed by atoms with van der Waals surface area (Å²) in [5.74, 6) is 0. The fourth-order valence-electron chi connectivity index (χ4n) is 2.04. The number of aryl methyl sites for hydroxylation is 1. The molecular weight excluding hydrogens is 196 g/mol. The standard InChI is InChI=1S/C15H14O/c1-11-8-9-14(10-16)12(2)15(11)13-6-4-3-5-7-13/h3-10H,1-2H3. The second-order valence-electron chi connectivity index (χ2n) is 3.96. The maximum Gasteiger partial charge on any atom is 0.150 e. The molecule has 1 heteroatoms. The first-order chi connectivity index (χ1) is 7.74. The molecule has 0 atom stereocenters. The molecule has 2 aromatic rings. The summed E-state index contributed by atoms with van der Waals surface area (Å²) in [7, 11) is 0. The topological polar surface area (TPSA) is 17.1 Å². The van der Waals surface area contributed by atoms with Crippen molar-refractivity contribution in [2.45, 2.75) is 13.8 Å². The molecule has 0 aromatic heterocycles. The Balaban J connectivity index is 2.69. The first kappa shape index (κ1) is 10.6. The first-order valence-electron chi connectivity index (χ1n) is 5.35. The molecule has 0 fully saturated rings. The summed E-state index contributed by atoms with van der Waals surface area (Å²) in [4.78, 5) is 10.9. The van der Waals surface area contributed by atoms with Crippen LogP contribution >= 0.6 is 0 Å². The maximum absolute atomic E-state index is 10.9. The van der Waals surface area contributed by atoms with Gasteiger partial charge >= 0.3 is 0 Å². The summed E-state index contributed by atoms with van der Waals surface area (Å²) in [5.41, 5.74) is 5.37. The van der Waals surface area contributed by atoms with Crippen LogP contribution in [0.5, 0.6) is 0 Å². The van der Waals surface area contributed by atoms with Gasteiger partial charge in [-0.05, 0) is 36.1 Å². The van der Waals surface area contributed by atoms with Gasteiger partial charge in [-0.1, -0.05) is 42.5 Å². The van der Waals surface area contributed by atoms with Crippen molar-refractivity contribution in [2.75, 3.05) is 0 Å². The van der Waals surface area contributed by atoms with Crippen LogP contribution < -0.4 is 0 Å². The molecule has 0 spiro atoms. The molecule has 2 rings (SSSR count). The van der Waals surface area contributed by atoms with Gasteiger partial charge in [-0.25, -0.2) is 0 Å². The zero-order valence-corrected chi connectivity index (χ0v) is 9.53. The normalized spacial score (nSPS) is 10.1. The molecule has 0 aliphatic rings. The smallest absolute Gasteiger partial charge is 0.150 e. The first-order valence-corrected chi connectivity index (χ1v) is 5.35. The summed E-state index contributed by atoms with van der Waals surface area (Å²) in [6.07, 6.45) is 0.918. The molecule has 0 N–H and O–H groups in total. The van der Waals surface area contributed by atoms with E-state index >= 15 is 0 Å². The number of aldehydes is 1. The summed E-state index contributed by atoms with van der Waals surface area (Å²) >= 11 is 0. The lowest BCUT2D eigenvalue weighted by Gasteiger charge is -2.11. The number of benzene rings is 2. The van der Waals surface area contributed by atoms with E-state index in [1.165, 1.54) is 16.7 Å². The third kappa shape index (κ3) is 1.76. The Morgan fingerprint density at radius 2 is 1.62 bits per heavy atom. The molecule has 0 heterocycles. The fourth-order valence-corrected chi connectivity index (χ4v) is 2.04. The molecule has 0 aliphatic heterocycles. The second kappa shape index (κ2) is 4.31. The van der Waals surface area contributed by atoms with E-state index in [0.717, 1.165) is 17.4 Å². The van der Waals surface area contributed by atoms with E-state index in [0.29, 0.717) is 0 Å². The molecule has 0 saturated carbocycles. The zero-order valence-electron chi connectivity index (χ0n) is 9.53. The van der Waals surface area contributed by atoms with Gasteiger partial charge < -0.3 is 0 Å². The van der Waals surface area contributed by atoms with Crippen LogP contribution in [0.2, 0.25) is 0 Å². The predicted molar refractivity (Wildman–Crippen MR) is 66.7 cm³/mol. The second-order valence-corrected chi connectivity index (χ2v) is 3.96. The van der Waals surface area contributed by atoms with Crippen molar-refractivity contribution in [2.24, 2.45) is 0 Å². The Labute approximate surface area is 95.7 Å². The fraction of sp³-hybridized carbons (Fsp3) is 0.133. The molecule has 1 nitrogen and oxygen atoms in total. The number of rotatable bonds is 2. The molecule has 0 unspecified atom stereocenters. The maximum atomic E-state index is 10.9. The van der Waals surface area contributed by atoms with Gasteiger partial charge in [-0.2, -0.15) is 0 Å². The highest BCUT2D eigenvalue weighted by molar-refractivity contribution is 5.84. The van der Waals surface area contributed by atoms with E-state index in [4.69, 9.17) is 0 Å². The molecule has 80 valence electrons. The van der Waals surface area contributed by atoms with Crippen molar-refractivity contribution in [3.05, 3.63) is 59.2 Å². The lowest BCUT2D eigenvalue weighted by atomic mass is 9.93. The highest BCUT2D eigenvalue weighted by Gasteiger charge is 2.08. The van der Waals surface area contributed by atoms with E-state index in [-0.39, 0.29) is 0 Å². The third-order valence-corrected chi connectivity index (χ3v) is 2.90. The van der Waals surface area contributed by atoms with Crippen LogP contribution in [0.3, 0.4) is 0 Å². The van der Waals surface area contributed by atoms with Crippen molar-refractivity contribution in [3.63, 3.8) is 0 Å². The van der Waals surface area contributed by atoms with Crippen molar-refractivity contribution in [1.82, 2.24) is 0 Å². The number of hydrogen-bond donors (Lipinski definition) is 0. The highest BCUT2D eigenvalue weighted by Crippen LogP contribution is 2.28. The van der Waals surface area contributed by atoms with Gasteiger partial charge in [-0.15, -0.1) is 0 Å². The van der Waals surface area contributed by atoms with Gasteiger partial charge in [0.1, 0.15) is 6.29 Å². The van der Waals surface area contributed by atoms with Crippen LogP contribution in [-0.4, -0.2) is 6.29 Å². The Morgan fingerprint density at radius 3 is 2.25 bits per heavy atom. The van der Waals surface area contributed by atoms with Crippen molar-refractivity contribution >= 4 is 6.29 Å². The van der Waals surface area contributed by atoms with Crippen molar-refractivity contribution in [3.8, 4) is 11.1 Å². The summed E-state index contributed by atoms with van der Waals surface area (Å²) in [6.45, 7) is 4.07. The molecule has 0 amide bonds. The number of carbonyl (C=O) groups excluding carboxylic acids is 1. The minimum Gasteiger partial charge on any atom is -0.298 e. The Hall–Kier alpha value is -1.89. The zero-order chi connectivity index (χ0) is 11.5. The van der Waals surface area contributed by atoms with Crippen LogP contribution in [-0.2, 0) is 0 Å². The van der Waals surface area contributed by atoms with E-state index in [9.17, 15) is 4.79 Å². The van der Waals surface area contributed by atoms with E-state index in [1.54, 1.807) is 0 Å². The van der Waals surface area contributed by atoms with Crippen molar-refractivity contribution in [1.29, 1.82) is 0 Å². The number of carbonyl (C=O) groups is 1. The van der Waals surface area contributed by atoms with Crippen LogP contribution in [0.15, 0.2) is 42.5 Å². The molecule has 0 radical (unpaired) electrons. The highest BCUT2D eigenvalue weighted by atomic mass is 16.1. The quantitative estimate of drug-likeness (QED) is 0.689. The summed E-state index contributed by atoms with van der Waals surface area (Å²) in [6, 6.07) is 14.1. The number of hydrogen-bond acceptors (Lipinski definition) is 1. The lowest BCUT2D eigenvalue weighted by molar-refractivity contribution is 0.112. The van der Waals surface area contributed by atoms with Crippen LogP contribution in [0.4, 0.5) is 0 Å². The molecule has 0 bridgehead atoms. The molecule has 2 aromatic carbocycles. The van der Waals surface area contributed by atoms with E-state index in [2.05, 4.69) is 19.1 Å². The van der Waals surface area contributed by atoms with Crippen LogP contribution in [0, 0.1) is 13.8 Å². The lowest BCUT2D eigenvalue weighted by Crippen LogP contribution is -1.93. The Morgan fingerprint density at radius 1 is 0.938 bits per heavy atom. The molecule has 16 heavy (non-hydrogen) atoms. The van der Waals surface area contributed by atoms with Gasteiger partial charge in [0.05, 0.1) is 0 Å². The van der Waals surface area contributed by atoms with Crippen LogP contribution in [0.25, 0.3) is 11.1 Å². The van der Waals surface area contributed by atoms with E-state index in [1.807, 2.05) is 37.3 Å². The molecule has 0 aliphatic carbocycles. The SMILES string of the molecule is Cc1ccc(C=O)c(C)c1-c1ccccc1. The Kier molecular flexibility index (Phi) is 2.86. The van der Waals surface area contributed by atoms with Crippen LogP contribution in [0.1, 0.15) is 21.5 Å². The van der Waals surface area contributed by atoms with Gasteiger partial charge in [0.25, 0.3) is 0 Å². The van der Waals surface area contributed by atoms with E-state index < -0.39 is 0 Å². The average Bonchev–Trinajstić information content (AvgIpc) is 2.31. The molecular formula is C15H14O. The van der Waals surface area contributed by atoms with Gasteiger partial charge in [0.2, 0.25) is 0 Å². The largest absolute Gasteiger partial charge is 0.298 e. The Bertz CT molecular complexity index is 512. The van der Waals surface area contributed by atoms with Crippen molar-refractivity contribution < 1.29 is 4.79 Å². The van der Waals surface area contributed by atoms with Gasteiger partial charge in [0.15, 0.2) is 0 Å². The van der Waals surface area contributed by atoms with Gasteiger partial charge in [0, 0.05) is 5.56 Å². The third-order valence-electron chi connectivity index (χ3n) is 2.90. The van der Waals surface area contributed by atoms with Gasteiger partial charge in [-0.3, -0.25) is 4.79 Å². The summed E-state index contributed by atoms with van der Waals surface area (Å²) < 4.78 is 0. The minimum absolute atomic E-state index is 0.768. The molecule has 0 saturated heterocycles. The summed E-state index contributed by atoms with van der Waals surface area (Å²) in [5, 5.41) is 0.